The summed E-state index contributed by atoms with van der Waals surface area (Å²) < 4.78 is 6.37. The van der Waals surface area contributed by atoms with Crippen molar-refractivity contribution < 1.29 is 9.53 Å². The van der Waals surface area contributed by atoms with Gasteiger partial charge in [0, 0.05) is 70.5 Å². The van der Waals surface area contributed by atoms with E-state index in [0.717, 1.165) is 82.9 Å². The molecule has 2 aromatic rings. The van der Waals surface area contributed by atoms with E-state index in [0.29, 0.717) is 12.5 Å². The van der Waals surface area contributed by atoms with E-state index < -0.39 is 0 Å². The van der Waals surface area contributed by atoms with E-state index >= 15 is 0 Å². The second-order valence-electron chi connectivity index (χ2n) is 9.30. The number of carbonyl (C=O) groups excluding carboxylic acids is 1. The molecule has 1 spiro atoms. The van der Waals surface area contributed by atoms with Crippen LogP contribution in [0.5, 0.6) is 0 Å². The molecule has 0 aliphatic carbocycles. The number of amides is 1. The molecule has 170 valence electrons. The molecule has 5 rings (SSSR count). The molecule has 1 unspecified atom stereocenters. The van der Waals surface area contributed by atoms with Gasteiger partial charge in [0.25, 0.3) is 0 Å². The van der Waals surface area contributed by atoms with E-state index in [1.807, 2.05) is 29.3 Å². The van der Waals surface area contributed by atoms with Crippen LogP contribution in [0.4, 0.5) is 5.82 Å². The molecule has 3 aliphatic heterocycles. The van der Waals surface area contributed by atoms with Crippen LogP contribution in [-0.2, 0) is 16.0 Å². The Labute approximate surface area is 190 Å². The average molecular weight is 436 g/mol. The second kappa shape index (κ2) is 9.55. The molecular formula is C25H33N5O2. The number of carbonyl (C=O) groups is 1. The maximum atomic E-state index is 12.7. The lowest BCUT2D eigenvalue weighted by molar-refractivity contribution is -0.148. The third-order valence-electron chi connectivity index (χ3n) is 7.40. The summed E-state index contributed by atoms with van der Waals surface area (Å²) in [6, 6.07) is 10.6. The van der Waals surface area contributed by atoms with Gasteiger partial charge < -0.3 is 14.5 Å². The maximum absolute atomic E-state index is 12.7. The lowest BCUT2D eigenvalue weighted by atomic mass is 9.81. The minimum atomic E-state index is -0.0610. The Kier molecular flexibility index (Phi) is 6.37. The predicted octanol–water partition coefficient (Wildman–Crippen LogP) is 2.38. The third kappa shape index (κ3) is 4.79. The summed E-state index contributed by atoms with van der Waals surface area (Å²) in [5, 5.41) is 0. The SMILES string of the molecule is O=C(Cc1ccncc1)N1CCC2(CC1)CC(N1CCN(c3ccccn3)CC1)CCO2. The van der Waals surface area contributed by atoms with Gasteiger partial charge in [0.15, 0.2) is 0 Å². The number of pyridine rings is 2. The maximum Gasteiger partial charge on any atom is 0.226 e. The zero-order valence-electron chi connectivity index (χ0n) is 18.7. The summed E-state index contributed by atoms with van der Waals surface area (Å²) in [5.74, 6) is 1.29. The van der Waals surface area contributed by atoms with Crippen LogP contribution < -0.4 is 4.90 Å². The highest BCUT2D eigenvalue weighted by molar-refractivity contribution is 5.78. The Balaban J connectivity index is 1.12. The number of likely N-dealkylation sites (tertiary alicyclic amines) is 1. The minimum Gasteiger partial charge on any atom is -0.375 e. The van der Waals surface area contributed by atoms with E-state index in [9.17, 15) is 4.79 Å². The first kappa shape index (κ1) is 21.3. The monoisotopic (exact) mass is 435 g/mol. The zero-order chi connectivity index (χ0) is 21.8. The van der Waals surface area contributed by atoms with Gasteiger partial charge in [-0.05, 0) is 55.5 Å². The fourth-order valence-corrected chi connectivity index (χ4v) is 5.47. The highest BCUT2D eigenvalue weighted by Gasteiger charge is 2.42. The van der Waals surface area contributed by atoms with Gasteiger partial charge in [0.2, 0.25) is 5.91 Å². The first-order valence-corrected chi connectivity index (χ1v) is 11.9. The number of hydrogen-bond donors (Lipinski definition) is 0. The van der Waals surface area contributed by atoms with Crippen LogP contribution >= 0.6 is 0 Å². The van der Waals surface area contributed by atoms with Crippen molar-refractivity contribution in [2.24, 2.45) is 0 Å². The Bertz CT molecular complexity index is 878. The zero-order valence-corrected chi connectivity index (χ0v) is 18.7. The highest BCUT2D eigenvalue weighted by Crippen LogP contribution is 2.37. The molecule has 5 heterocycles. The van der Waals surface area contributed by atoms with E-state index in [-0.39, 0.29) is 11.5 Å². The Hall–Kier alpha value is -2.51. The van der Waals surface area contributed by atoms with Crippen molar-refractivity contribution in [3.8, 4) is 0 Å². The smallest absolute Gasteiger partial charge is 0.226 e. The Morgan fingerprint density at radius 2 is 1.78 bits per heavy atom. The molecule has 2 aromatic heterocycles. The van der Waals surface area contributed by atoms with Gasteiger partial charge in [-0.1, -0.05) is 6.07 Å². The molecule has 1 atom stereocenters. The van der Waals surface area contributed by atoms with Crippen LogP contribution in [-0.4, -0.2) is 83.2 Å². The molecule has 0 bridgehead atoms. The van der Waals surface area contributed by atoms with Gasteiger partial charge in [-0.2, -0.15) is 0 Å². The fraction of sp³-hybridized carbons (Fsp3) is 0.560. The molecule has 1 amide bonds. The van der Waals surface area contributed by atoms with Gasteiger partial charge in [-0.3, -0.25) is 14.7 Å². The van der Waals surface area contributed by atoms with Gasteiger partial charge in [0.05, 0.1) is 12.0 Å². The molecular weight excluding hydrogens is 402 g/mol. The normalized spacial score (nSPS) is 23.9. The number of piperidine rings is 1. The number of rotatable bonds is 4. The van der Waals surface area contributed by atoms with E-state index in [1.54, 1.807) is 12.4 Å². The summed E-state index contributed by atoms with van der Waals surface area (Å²) in [6.45, 7) is 6.63. The number of nitrogens with zero attached hydrogens (tertiary/aromatic N) is 5. The largest absolute Gasteiger partial charge is 0.375 e. The van der Waals surface area contributed by atoms with E-state index in [4.69, 9.17) is 4.74 Å². The number of anilines is 1. The molecule has 0 radical (unpaired) electrons. The van der Waals surface area contributed by atoms with Gasteiger partial charge in [-0.25, -0.2) is 4.98 Å². The second-order valence-corrected chi connectivity index (χ2v) is 9.30. The number of hydrogen-bond acceptors (Lipinski definition) is 6. The number of aromatic nitrogens is 2. The first-order valence-electron chi connectivity index (χ1n) is 11.9. The number of piperazine rings is 1. The van der Waals surface area contributed by atoms with Crippen LogP contribution in [0, 0.1) is 0 Å². The van der Waals surface area contributed by atoms with Crippen LogP contribution in [0.2, 0.25) is 0 Å². The summed E-state index contributed by atoms with van der Waals surface area (Å²) >= 11 is 0. The van der Waals surface area contributed by atoms with Crippen molar-refractivity contribution in [3.05, 3.63) is 54.5 Å². The molecule has 0 aromatic carbocycles. The Morgan fingerprint density at radius 1 is 1.00 bits per heavy atom. The lowest BCUT2D eigenvalue weighted by Gasteiger charge is -2.49. The van der Waals surface area contributed by atoms with Crippen molar-refractivity contribution >= 4 is 11.7 Å². The standard InChI is InChI=1S/C25H33N5O2/c31-24(19-21-4-10-26-11-5-21)30-12-7-25(8-13-30)20-22(6-18-32-25)28-14-16-29(17-15-28)23-3-1-2-9-27-23/h1-5,9-11,22H,6-8,12-20H2. The molecule has 32 heavy (non-hydrogen) atoms. The summed E-state index contributed by atoms with van der Waals surface area (Å²) in [7, 11) is 0. The molecule has 3 fully saturated rings. The van der Waals surface area contributed by atoms with Gasteiger partial charge in [0.1, 0.15) is 5.82 Å². The predicted molar refractivity (Wildman–Crippen MR) is 123 cm³/mol. The summed E-state index contributed by atoms with van der Waals surface area (Å²) in [6.07, 6.45) is 9.91. The van der Waals surface area contributed by atoms with Crippen molar-refractivity contribution in [2.75, 3.05) is 50.8 Å². The molecule has 3 saturated heterocycles. The lowest BCUT2D eigenvalue weighted by Crippen LogP contribution is -2.57. The van der Waals surface area contributed by atoms with E-state index in [1.165, 1.54) is 0 Å². The molecule has 3 aliphatic rings. The van der Waals surface area contributed by atoms with Crippen LogP contribution in [0.1, 0.15) is 31.2 Å². The molecule has 7 heteroatoms. The average Bonchev–Trinajstić information content (AvgIpc) is 2.86. The van der Waals surface area contributed by atoms with Gasteiger partial charge >= 0.3 is 0 Å². The van der Waals surface area contributed by atoms with Crippen molar-refractivity contribution in [1.29, 1.82) is 0 Å². The Morgan fingerprint density at radius 3 is 2.50 bits per heavy atom. The summed E-state index contributed by atoms with van der Waals surface area (Å²) in [4.78, 5) is 28.4. The van der Waals surface area contributed by atoms with Crippen molar-refractivity contribution in [2.45, 2.75) is 43.7 Å². The quantitative estimate of drug-likeness (QED) is 0.735. The minimum absolute atomic E-state index is 0.0610. The van der Waals surface area contributed by atoms with Crippen molar-refractivity contribution in [1.82, 2.24) is 19.8 Å². The van der Waals surface area contributed by atoms with Crippen molar-refractivity contribution in [3.63, 3.8) is 0 Å². The topological polar surface area (TPSA) is 61.8 Å². The molecule has 7 nitrogen and oxygen atoms in total. The van der Waals surface area contributed by atoms with Crippen LogP contribution in [0.25, 0.3) is 0 Å². The first-order chi connectivity index (χ1) is 15.7. The number of ether oxygens (including phenoxy) is 1. The van der Waals surface area contributed by atoms with Gasteiger partial charge in [-0.15, -0.1) is 0 Å². The molecule has 0 N–H and O–H groups in total. The van der Waals surface area contributed by atoms with Crippen LogP contribution in [0.15, 0.2) is 48.9 Å². The van der Waals surface area contributed by atoms with E-state index in [2.05, 4.69) is 31.9 Å². The third-order valence-corrected chi connectivity index (χ3v) is 7.40. The molecule has 0 saturated carbocycles. The fourth-order valence-electron chi connectivity index (χ4n) is 5.47. The highest BCUT2D eigenvalue weighted by atomic mass is 16.5. The van der Waals surface area contributed by atoms with Crippen LogP contribution in [0.3, 0.4) is 0 Å². The summed E-state index contributed by atoms with van der Waals surface area (Å²) in [5.41, 5.74) is 0.971.